The highest BCUT2D eigenvalue weighted by molar-refractivity contribution is 6.31. The Bertz CT molecular complexity index is 1160. The first-order valence-corrected chi connectivity index (χ1v) is 10.9. The predicted molar refractivity (Wildman–Crippen MR) is 126 cm³/mol. The Morgan fingerprint density at radius 1 is 0.833 bits per heavy atom. The molecule has 1 aliphatic heterocycles. The number of benzene rings is 4. The summed E-state index contributed by atoms with van der Waals surface area (Å²) < 4.78 is 0. The van der Waals surface area contributed by atoms with Gasteiger partial charge in [-0.2, -0.15) is 5.10 Å². The fraction of sp³-hybridized carbons (Fsp3) is 0.192. The summed E-state index contributed by atoms with van der Waals surface area (Å²) in [5, 5.41) is 13.0. The fourth-order valence-electron chi connectivity index (χ4n) is 4.34. The van der Waals surface area contributed by atoms with Crippen molar-refractivity contribution in [2.45, 2.75) is 6.54 Å². The van der Waals surface area contributed by atoms with Crippen molar-refractivity contribution in [3.05, 3.63) is 95.0 Å². The largest absolute Gasteiger partial charge is 0.328 e. The van der Waals surface area contributed by atoms with Gasteiger partial charge in [0.05, 0.1) is 32.4 Å². The number of quaternary nitrogens is 1. The number of halogens is 1. The monoisotopic (exact) mass is 414 g/mol. The van der Waals surface area contributed by atoms with Crippen LogP contribution in [-0.4, -0.2) is 37.4 Å². The van der Waals surface area contributed by atoms with E-state index in [1.165, 1.54) is 32.7 Å². The van der Waals surface area contributed by atoms with Crippen molar-refractivity contribution in [3.63, 3.8) is 0 Å². The number of piperazine rings is 1. The number of nitrogens with one attached hydrogen (secondary N) is 1. The number of nitrogens with zero attached hydrogens (tertiary/aromatic N) is 2. The van der Waals surface area contributed by atoms with E-state index in [2.05, 4.69) is 78.0 Å². The average molecular weight is 415 g/mol. The zero-order valence-corrected chi connectivity index (χ0v) is 17.6. The highest BCUT2D eigenvalue weighted by Gasteiger charge is 2.19. The third-order valence-electron chi connectivity index (χ3n) is 6.01. The van der Waals surface area contributed by atoms with Gasteiger partial charge in [0.1, 0.15) is 6.54 Å². The van der Waals surface area contributed by atoms with Gasteiger partial charge in [-0.1, -0.05) is 78.3 Å². The maximum absolute atomic E-state index is 6.34. The summed E-state index contributed by atoms with van der Waals surface area (Å²) in [5.74, 6) is 0. The van der Waals surface area contributed by atoms with Crippen LogP contribution in [0.3, 0.4) is 0 Å². The van der Waals surface area contributed by atoms with E-state index in [-0.39, 0.29) is 0 Å². The Morgan fingerprint density at radius 3 is 2.10 bits per heavy atom. The van der Waals surface area contributed by atoms with E-state index in [1.807, 2.05) is 12.1 Å². The molecule has 0 unspecified atom stereocenters. The zero-order valence-electron chi connectivity index (χ0n) is 16.9. The van der Waals surface area contributed by atoms with Gasteiger partial charge < -0.3 is 4.90 Å². The van der Waals surface area contributed by atoms with Crippen LogP contribution in [0.25, 0.3) is 21.5 Å². The summed E-state index contributed by atoms with van der Waals surface area (Å²) in [6.07, 6.45) is 2.06. The minimum absolute atomic E-state index is 0.869. The molecule has 0 radical (unpaired) electrons. The van der Waals surface area contributed by atoms with Crippen molar-refractivity contribution in [2.24, 2.45) is 5.10 Å². The molecule has 150 valence electrons. The fourth-order valence-corrected chi connectivity index (χ4v) is 4.54. The van der Waals surface area contributed by atoms with E-state index >= 15 is 0 Å². The summed E-state index contributed by atoms with van der Waals surface area (Å²) in [6.45, 7) is 5.03. The molecule has 4 aromatic rings. The lowest BCUT2D eigenvalue weighted by molar-refractivity contribution is -0.918. The van der Waals surface area contributed by atoms with Gasteiger partial charge in [-0.05, 0) is 33.7 Å². The molecule has 1 saturated heterocycles. The molecule has 0 aromatic heterocycles. The van der Waals surface area contributed by atoms with Crippen LogP contribution in [0, 0.1) is 0 Å². The Kier molecular flexibility index (Phi) is 5.39. The lowest BCUT2D eigenvalue weighted by atomic mass is 9.97. The van der Waals surface area contributed by atoms with Crippen LogP contribution in [0.15, 0.2) is 84.0 Å². The molecule has 0 aliphatic carbocycles. The summed E-state index contributed by atoms with van der Waals surface area (Å²) >= 11 is 6.34. The van der Waals surface area contributed by atoms with E-state index in [0.29, 0.717) is 0 Å². The number of hydrogen-bond donors (Lipinski definition) is 1. The molecule has 3 nitrogen and oxygen atoms in total. The van der Waals surface area contributed by atoms with E-state index < -0.39 is 0 Å². The Balaban J connectivity index is 1.34. The van der Waals surface area contributed by atoms with Gasteiger partial charge in [0.25, 0.3) is 0 Å². The Hall–Kier alpha value is -2.88. The lowest BCUT2D eigenvalue weighted by Crippen LogP contribution is -3.13. The van der Waals surface area contributed by atoms with Crippen molar-refractivity contribution in [1.82, 2.24) is 5.01 Å². The van der Waals surface area contributed by atoms with Gasteiger partial charge in [-0.25, -0.2) is 0 Å². The van der Waals surface area contributed by atoms with E-state index in [4.69, 9.17) is 16.7 Å². The molecule has 0 atom stereocenters. The van der Waals surface area contributed by atoms with Crippen LogP contribution in [0.2, 0.25) is 5.02 Å². The normalized spacial score (nSPS) is 15.4. The van der Waals surface area contributed by atoms with Gasteiger partial charge in [0.2, 0.25) is 0 Å². The molecule has 0 saturated carbocycles. The summed E-state index contributed by atoms with van der Waals surface area (Å²) in [4.78, 5) is 1.56. The van der Waals surface area contributed by atoms with Crippen LogP contribution in [0.4, 0.5) is 0 Å². The van der Waals surface area contributed by atoms with Gasteiger partial charge in [-0.3, -0.25) is 5.01 Å². The molecule has 4 aromatic carbocycles. The second-order valence-electron chi connectivity index (χ2n) is 7.95. The van der Waals surface area contributed by atoms with Crippen molar-refractivity contribution in [1.29, 1.82) is 0 Å². The first-order valence-electron chi connectivity index (χ1n) is 10.5. The number of fused-ring (bicyclic) bond motifs is 2. The third kappa shape index (κ3) is 3.91. The highest BCUT2D eigenvalue weighted by atomic mass is 35.5. The number of hydrogen-bond acceptors (Lipinski definition) is 2. The van der Waals surface area contributed by atoms with Crippen LogP contribution in [0.5, 0.6) is 0 Å². The smallest absolute Gasteiger partial charge is 0.104 e. The summed E-state index contributed by atoms with van der Waals surface area (Å²) in [7, 11) is 0. The molecule has 1 heterocycles. The average Bonchev–Trinajstić information content (AvgIpc) is 2.79. The molecule has 30 heavy (non-hydrogen) atoms. The molecule has 0 spiro atoms. The predicted octanol–water partition coefficient (Wildman–Crippen LogP) is 4.38. The topological polar surface area (TPSA) is 20.0 Å². The van der Waals surface area contributed by atoms with E-state index in [1.54, 1.807) is 4.90 Å². The molecule has 5 rings (SSSR count). The van der Waals surface area contributed by atoms with Gasteiger partial charge >= 0.3 is 0 Å². The maximum atomic E-state index is 6.34. The van der Waals surface area contributed by atoms with E-state index in [9.17, 15) is 0 Å². The minimum atomic E-state index is 0.869. The van der Waals surface area contributed by atoms with Crippen molar-refractivity contribution in [2.75, 3.05) is 26.2 Å². The highest BCUT2D eigenvalue weighted by Crippen LogP contribution is 2.27. The number of hydrazone groups is 1. The van der Waals surface area contributed by atoms with Gasteiger partial charge in [0.15, 0.2) is 0 Å². The van der Waals surface area contributed by atoms with Crippen molar-refractivity contribution < 1.29 is 4.90 Å². The minimum Gasteiger partial charge on any atom is -0.328 e. The number of rotatable bonds is 4. The molecular weight excluding hydrogens is 390 g/mol. The van der Waals surface area contributed by atoms with Crippen LogP contribution >= 0.6 is 11.6 Å². The Labute approximate surface area is 182 Å². The zero-order chi connectivity index (χ0) is 20.3. The second kappa shape index (κ2) is 8.47. The van der Waals surface area contributed by atoms with Crippen LogP contribution < -0.4 is 4.90 Å². The van der Waals surface area contributed by atoms with Crippen LogP contribution in [-0.2, 0) is 6.54 Å². The summed E-state index contributed by atoms with van der Waals surface area (Å²) in [5.41, 5.74) is 2.43. The quantitative estimate of drug-likeness (QED) is 0.388. The standard InChI is InChI=1S/C26H24ClN3/c27-26-12-6-3-9-22(26)19-29-13-15-30(16-14-29)28-18-25-23-10-4-1-7-20(23)17-21-8-2-5-11-24(21)25/h1-12,17-18H,13-16,19H2/p+1/b28-18-. The molecule has 1 aliphatic rings. The van der Waals surface area contributed by atoms with E-state index in [0.717, 1.165) is 37.7 Å². The molecule has 0 bridgehead atoms. The lowest BCUT2D eigenvalue weighted by Gasteiger charge is -2.30. The SMILES string of the molecule is Clc1ccccc1C[NH+]1CCN(/N=C\c2c3ccccc3cc3ccccc23)CC1. The maximum Gasteiger partial charge on any atom is 0.104 e. The Morgan fingerprint density at radius 2 is 1.43 bits per heavy atom. The third-order valence-corrected chi connectivity index (χ3v) is 6.38. The first kappa shape index (κ1) is 19.1. The summed E-state index contributed by atoms with van der Waals surface area (Å²) in [6, 6.07) is 27.6. The molecular formula is C26H25ClN3+. The van der Waals surface area contributed by atoms with Gasteiger partial charge in [-0.15, -0.1) is 0 Å². The molecule has 1 N–H and O–H groups in total. The molecule has 4 heteroatoms. The van der Waals surface area contributed by atoms with Gasteiger partial charge in [0, 0.05) is 16.1 Å². The van der Waals surface area contributed by atoms with Crippen molar-refractivity contribution in [3.8, 4) is 0 Å². The molecule has 0 amide bonds. The molecule has 1 fully saturated rings. The van der Waals surface area contributed by atoms with Crippen LogP contribution in [0.1, 0.15) is 11.1 Å². The first-order chi connectivity index (χ1) is 14.8. The second-order valence-corrected chi connectivity index (χ2v) is 8.36. The van der Waals surface area contributed by atoms with Crippen molar-refractivity contribution >= 4 is 39.4 Å².